The minimum atomic E-state index is -2.60. The predicted octanol–water partition coefficient (Wildman–Crippen LogP) is 2.94. The van der Waals surface area contributed by atoms with E-state index < -0.39 is 12.4 Å². The van der Waals surface area contributed by atoms with E-state index in [0.717, 1.165) is 0 Å². The van der Waals surface area contributed by atoms with Gasteiger partial charge in [0.15, 0.2) is 0 Å². The van der Waals surface area contributed by atoms with Crippen molar-refractivity contribution in [2.75, 3.05) is 7.11 Å². The highest BCUT2D eigenvalue weighted by molar-refractivity contribution is 14.1. The SMILES string of the molecule is COC(=O)Cc1c(I)cc(C(F)F)nc1I. The Balaban J connectivity index is 3.07. The summed E-state index contributed by atoms with van der Waals surface area (Å²) in [6.45, 7) is 0. The van der Waals surface area contributed by atoms with Crippen molar-refractivity contribution in [1.82, 2.24) is 4.98 Å². The number of hydrogen-bond acceptors (Lipinski definition) is 3. The molecule has 0 amide bonds. The standard InChI is InChI=1S/C9H7F2I2NO2/c1-16-7(15)2-4-5(12)3-6(8(10)11)14-9(4)13/h3,8H,2H2,1H3. The lowest BCUT2D eigenvalue weighted by atomic mass is 10.2. The number of hydrogen-bond donors (Lipinski definition) is 0. The van der Waals surface area contributed by atoms with Crippen molar-refractivity contribution >= 4 is 51.2 Å². The van der Waals surface area contributed by atoms with Crippen molar-refractivity contribution in [3.8, 4) is 0 Å². The fourth-order valence-corrected chi connectivity index (χ4v) is 3.06. The van der Waals surface area contributed by atoms with E-state index in [4.69, 9.17) is 0 Å². The van der Waals surface area contributed by atoms with Crippen LogP contribution in [0.15, 0.2) is 6.07 Å². The van der Waals surface area contributed by atoms with Crippen molar-refractivity contribution in [3.63, 3.8) is 0 Å². The molecule has 0 atom stereocenters. The summed E-state index contributed by atoms with van der Waals surface area (Å²) >= 11 is 3.75. The maximum absolute atomic E-state index is 12.4. The number of rotatable bonds is 3. The first-order valence-electron chi connectivity index (χ1n) is 4.15. The number of esters is 1. The molecule has 1 aromatic heterocycles. The molecule has 0 bridgehead atoms. The molecule has 0 fully saturated rings. The number of aromatic nitrogens is 1. The number of carbonyl (C=O) groups is 1. The first kappa shape index (κ1) is 14.0. The number of nitrogens with zero attached hydrogens (tertiary/aromatic N) is 1. The average molecular weight is 453 g/mol. The Morgan fingerprint density at radius 1 is 1.56 bits per heavy atom. The van der Waals surface area contributed by atoms with Crippen LogP contribution in [-0.4, -0.2) is 18.1 Å². The summed E-state index contributed by atoms with van der Waals surface area (Å²) in [5.74, 6) is -0.414. The fourth-order valence-electron chi connectivity index (χ4n) is 1.01. The molecule has 0 unspecified atom stereocenters. The predicted molar refractivity (Wildman–Crippen MR) is 70.3 cm³/mol. The van der Waals surface area contributed by atoms with Crippen LogP contribution in [-0.2, 0) is 16.0 Å². The van der Waals surface area contributed by atoms with Crippen LogP contribution in [0.25, 0.3) is 0 Å². The summed E-state index contributed by atoms with van der Waals surface area (Å²) in [5, 5.41) is 0. The van der Waals surface area contributed by atoms with E-state index >= 15 is 0 Å². The number of ether oxygens (including phenoxy) is 1. The van der Waals surface area contributed by atoms with Crippen molar-refractivity contribution < 1.29 is 18.3 Å². The van der Waals surface area contributed by atoms with Gasteiger partial charge in [-0.2, -0.15) is 0 Å². The second-order valence-electron chi connectivity index (χ2n) is 2.85. The molecule has 0 aliphatic rings. The number of halogens is 4. The third-order valence-corrected chi connectivity index (χ3v) is 3.67. The maximum atomic E-state index is 12.4. The van der Waals surface area contributed by atoms with Gasteiger partial charge in [0.25, 0.3) is 6.43 Å². The van der Waals surface area contributed by atoms with Gasteiger partial charge in [-0.15, -0.1) is 0 Å². The van der Waals surface area contributed by atoms with Gasteiger partial charge in [0, 0.05) is 9.13 Å². The summed E-state index contributed by atoms with van der Waals surface area (Å²) in [4.78, 5) is 14.8. The van der Waals surface area contributed by atoms with Crippen molar-refractivity contribution in [2.45, 2.75) is 12.8 Å². The van der Waals surface area contributed by atoms with Gasteiger partial charge in [0.1, 0.15) is 9.39 Å². The zero-order valence-electron chi connectivity index (χ0n) is 8.14. The molecule has 0 aromatic carbocycles. The molecule has 1 rings (SSSR count). The van der Waals surface area contributed by atoms with Crippen molar-refractivity contribution in [1.29, 1.82) is 0 Å². The Hall–Kier alpha value is -0.0600. The van der Waals surface area contributed by atoms with Crippen LogP contribution in [0.5, 0.6) is 0 Å². The normalized spacial score (nSPS) is 10.6. The molecule has 0 saturated heterocycles. The van der Waals surface area contributed by atoms with Crippen LogP contribution in [0.2, 0.25) is 0 Å². The summed E-state index contributed by atoms with van der Waals surface area (Å²) in [7, 11) is 1.28. The largest absolute Gasteiger partial charge is 0.469 e. The topological polar surface area (TPSA) is 39.2 Å². The second-order valence-corrected chi connectivity index (χ2v) is 5.04. The molecule has 88 valence electrons. The summed E-state index contributed by atoms with van der Waals surface area (Å²) in [6.07, 6.45) is -2.56. The molecular weight excluding hydrogens is 446 g/mol. The van der Waals surface area contributed by atoms with Gasteiger partial charge in [-0.25, -0.2) is 13.8 Å². The molecule has 1 heterocycles. The van der Waals surface area contributed by atoms with E-state index in [9.17, 15) is 13.6 Å². The number of pyridine rings is 1. The van der Waals surface area contributed by atoms with Crippen LogP contribution in [0.3, 0.4) is 0 Å². The monoisotopic (exact) mass is 453 g/mol. The molecule has 0 spiro atoms. The van der Waals surface area contributed by atoms with Gasteiger partial charge in [-0.3, -0.25) is 4.79 Å². The number of methoxy groups -OCH3 is 1. The Morgan fingerprint density at radius 2 is 2.19 bits per heavy atom. The Bertz CT molecular complexity index is 389. The zero-order chi connectivity index (χ0) is 12.3. The van der Waals surface area contributed by atoms with Gasteiger partial charge >= 0.3 is 5.97 Å². The van der Waals surface area contributed by atoms with Crippen molar-refractivity contribution in [3.05, 3.63) is 24.6 Å². The molecule has 3 nitrogen and oxygen atoms in total. The molecule has 0 radical (unpaired) electrons. The first-order chi connectivity index (χ1) is 7.45. The summed E-state index contributed by atoms with van der Waals surface area (Å²) in [6, 6.07) is 1.28. The molecule has 0 aliphatic heterocycles. The van der Waals surface area contributed by atoms with E-state index in [1.165, 1.54) is 13.2 Å². The minimum absolute atomic E-state index is 0.0452. The Labute approximate surface area is 118 Å². The van der Waals surface area contributed by atoms with Crippen LogP contribution in [0, 0.1) is 7.27 Å². The number of alkyl halides is 2. The third kappa shape index (κ3) is 3.47. The van der Waals surface area contributed by atoms with Crippen LogP contribution >= 0.6 is 45.2 Å². The van der Waals surface area contributed by atoms with E-state index in [2.05, 4.69) is 9.72 Å². The Kier molecular flexibility index (Phi) is 5.28. The van der Waals surface area contributed by atoms with Gasteiger partial charge in [0.05, 0.1) is 13.5 Å². The van der Waals surface area contributed by atoms with Gasteiger partial charge in [-0.05, 0) is 51.2 Å². The molecular formula is C9H7F2I2NO2. The summed E-state index contributed by atoms with van der Waals surface area (Å²) in [5.41, 5.74) is 0.347. The minimum Gasteiger partial charge on any atom is -0.469 e. The molecule has 0 N–H and O–H groups in total. The van der Waals surface area contributed by atoms with E-state index in [0.29, 0.717) is 12.8 Å². The molecule has 0 saturated carbocycles. The van der Waals surface area contributed by atoms with Crippen LogP contribution in [0.1, 0.15) is 17.7 Å². The van der Waals surface area contributed by atoms with Crippen LogP contribution in [0.4, 0.5) is 8.78 Å². The van der Waals surface area contributed by atoms with Gasteiger partial charge < -0.3 is 4.74 Å². The highest BCUT2D eigenvalue weighted by atomic mass is 127. The molecule has 1 aromatic rings. The highest BCUT2D eigenvalue weighted by Gasteiger charge is 2.17. The lowest BCUT2D eigenvalue weighted by Crippen LogP contribution is -2.09. The highest BCUT2D eigenvalue weighted by Crippen LogP contribution is 2.24. The number of carbonyl (C=O) groups excluding carboxylic acids is 1. The lowest BCUT2D eigenvalue weighted by Gasteiger charge is -2.08. The third-order valence-electron chi connectivity index (χ3n) is 1.81. The average Bonchev–Trinajstić information content (AvgIpc) is 2.22. The fraction of sp³-hybridized carbons (Fsp3) is 0.333. The molecule has 7 heteroatoms. The quantitative estimate of drug-likeness (QED) is 0.402. The maximum Gasteiger partial charge on any atom is 0.310 e. The van der Waals surface area contributed by atoms with Gasteiger partial charge in [-0.1, -0.05) is 0 Å². The van der Waals surface area contributed by atoms with E-state index in [1.54, 1.807) is 0 Å². The first-order valence-corrected chi connectivity index (χ1v) is 6.31. The van der Waals surface area contributed by atoms with Crippen LogP contribution < -0.4 is 0 Å². The van der Waals surface area contributed by atoms with E-state index in [-0.39, 0.29) is 12.1 Å². The van der Waals surface area contributed by atoms with Crippen molar-refractivity contribution in [2.24, 2.45) is 0 Å². The molecule has 16 heavy (non-hydrogen) atoms. The lowest BCUT2D eigenvalue weighted by molar-refractivity contribution is -0.139. The smallest absolute Gasteiger partial charge is 0.310 e. The molecule has 0 aliphatic carbocycles. The summed E-state index contributed by atoms with van der Waals surface area (Å²) < 4.78 is 30.4. The van der Waals surface area contributed by atoms with Gasteiger partial charge in [0.2, 0.25) is 0 Å². The second kappa shape index (κ2) is 6.03. The van der Waals surface area contributed by atoms with E-state index in [1.807, 2.05) is 45.2 Å². The zero-order valence-corrected chi connectivity index (χ0v) is 12.5. The Morgan fingerprint density at radius 3 is 2.62 bits per heavy atom.